The van der Waals surface area contributed by atoms with Gasteiger partial charge in [-0.25, -0.2) is 0 Å². The number of para-hydroxylation sites is 1. The van der Waals surface area contributed by atoms with Gasteiger partial charge in [0.05, 0.1) is 0 Å². The summed E-state index contributed by atoms with van der Waals surface area (Å²) in [6, 6.07) is 9.71. The number of phenolic OH excluding ortho intramolecular Hbond substituents is 2. The van der Waals surface area contributed by atoms with Crippen LogP contribution in [0.5, 0.6) is 11.5 Å². The Balaban J connectivity index is 2.61. The first-order chi connectivity index (χ1) is 12.6. The molecule has 0 aliphatic heterocycles. The first-order valence-electron chi connectivity index (χ1n) is 9.87. The summed E-state index contributed by atoms with van der Waals surface area (Å²) in [6.07, 6.45) is 1.64. The number of rotatable bonds is 2. The average molecular weight is 382 g/mol. The second-order valence-corrected chi connectivity index (χ2v) is 10.6. The van der Waals surface area contributed by atoms with Gasteiger partial charge in [0.15, 0.2) is 0 Å². The summed E-state index contributed by atoms with van der Waals surface area (Å²) in [5.41, 5.74) is 3.61. The third-order valence-corrected chi connectivity index (χ3v) is 4.98. The molecule has 152 valence electrons. The molecule has 3 heteroatoms. The number of hydrogen-bond acceptors (Lipinski definition) is 3. The molecule has 0 saturated carbocycles. The van der Waals surface area contributed by atoms with Gasteiger partial charge in [-0.1, -0.05) is 80.5 Å². The third kappa shape index (κ3) is 4.76. The fraction of sp³-hybridized carbons (Fsp3) is 0.480. The van der Waals surface area contributed by atoms with Crippen molar-refractivity contribution in [3.05, 3.63) is 52.6 Å². The molecule has 0 heterocycles. The molecule has 3 nitrogen and oxygen atoms in total. The van der Waals surface area contributed by atoms with Crippen molar-refractivity contribution in [1.29, 1.82) is 0 Å². The molecular weight excluding hydrogens is 346 g/mol. The molecule has 0 aliphatic carbocycles. The van der Waals surface area contributed by atoms with Crippen molar-refractivity contribution >= 4 is 11.9 Å². The summed E-state index contributed by atoms with van der Waals surface area (Å²) in [6.45, 7) is 18.9. The lowest BCUT2D eigenvalue weighted by atomic mass is 9.80. The summed E-state index contributed by atoms with van der Waals surface area (Å²) in [5.74, 6) is 0.435. The first kappa shape index (κ1) is 22.0. The van der Waals surface area contributed by atoms with Crippen LogP contribution in [0.25, 0.3) is 0 Å². The number of hydrogen-bond donors (Lipinski definition) is 2. The van der Waals surface area contributed by atoms with Gasteiger partial charge in [0.25, 0.3) is 0 Å². The van der Waals surface area contributed by atoms with Crippen molar-refractivity contribution < 1.29 is 10.2 Å². The molecule has 0 unspecified atom stereocenters. The highest BCUT2D eigenvalue weighted by Crippen LogP contribution is 2.41. The maximum absolute atomic E-state index is 10.9. The van der Waals surface area contributed by atoms with E-state index < -0.39 is 0 Å². The molecule has 0 radical (unpaired) electrons. The van der Waals surface area contributed by atoms with E-state index in [1.807, 2.05) is 24.3 Å². The van der Waals surface area contributed by atoms with E-state index in [9.17, 15) is 10.2 Å². The van der Waals surface area contributed by atoms with Gasteiger partial charge < -0.3 is 10.2 Å². The minimum absolute atomic E-state index is 0.0632. The fourth-order valence-corrected chi connectivity index (χ4v) is 3.13. The number of benzene rings is 2. The van der Waals surface area contributed by atoms with Gasteiger partial charge in [0.2, 0.25) is 0 Å². The molecule has 28 heavy (non-hydrogen) atoms. The average Bonchev–Trinajstić information content (AvgIpc) is 2.51. The second kappa shape index (κ2) is 7.27. The van der Waals surface area contributed by atoms with Gasteiger partial charge in [-0.15, -0.1) is 0 Å². The predicted molar refractivity (Wildman–Crippen MR) is 120 cm³/mol. The van der Waals surface area contributed by atoms with Crippen molar-refractivity contribution in [2.75, 3.05) is 0 Å². The zero-order valence-corrected chi connectivity index (χ0v) is 18.8. The monoisotopic (exact) mass is 381 g/mol. The van der Waals surface area contributed by atoms with E-state index in [0.29, 0.717) is 11.3 Å². The normalized spacial score (nSPS) is 13.3. The van der Waals surface area contributed by atoms with Crippen molar-refractivity contribution in [3.8, 4) is 11.5 Å². The zero-order chi connectivity index (χ0) is 21.5. The second-order valence-electron chi connectivity index (χ2n) is 10.6. The van der Waals surface area contributed by atoms with Crippen LogP contribution in [-0.2, 0) is 16.2 Å². The van der Waals surface area contributed by atoms with Crippen LogP contribution in [0.4, 0.5) is 5.69 Å². The number of phenols is 2. The minimum Gasteiger partial charge on any atom is -0.507 e. The number of nitrogens with zero attached hydrogens (tertiary/aromatic N) is 1. The lowest BCUT2D eigenvalue weighted by Crippen LogP contribution is -2.16. The molecule has 2 aromatic rings. The molecule has 0 aliphatic rings. The molecule has 0 bridgehead atoms. The van der Waals surface area contributed by atoms with Crippen molar-refractivity contribution in [1.82, 2.24) is 0 Å². The summed E-state index contributed by atoms with van der Waals surface area (Å²) >= 11 is 0. The van der Waals surface area contributed by atoms with Crippen LogP contribution in [0.2, 0.25) is 0 Å². The highest BCUT2D eigenvalue weighted by molar-refractivity contribution is 5.87. The van der Waals surface area contributed by atoms with Gasteiger partial charge in [0.1, 0.15) is 17.2 Å². The molecule has 0 atom stereocenters. The third-order valence-electron chi connectivity index (χ3n) is 4.98. The molecule has 2 aromatic carbocycles. The van der Waals surface area contributed by atoms with Crippen molar-refractivity contribution in [2.24, 2.45) is 4.99 Å². The molecule has 0 fully saturated rings. The van der Waals surface area contributed by atoms with Gasteiger partial charge >= 0.3 is 0 Å². The van der Waals surface area contributed by atoms with E-state index >= 15 is 0 Å². The first-order valence-corrected chi connectivity index (χ1v) is 9.87. The van der Waals surface area contributed by atoms with Crippen molar-refractivity contribution in [2.45, 2.75) is 78.6 Å². The number of aliphatic imine (C=N–C) groups is 1. The Morgan fingerprint density at radius 3 is 1.79 bits per heavy atom. The molecule has 2 rings (SSSR count). The Labute approximate surface area is 170 Å². The Hall–Kier alpha value is -2.29. The lowest BCUT2D eigenvalue weighted by molar-refractivity contribution is 0.444. The van der Waals surface area contributed by atoms with Crippen LogP contribution in [0.3, 0.4) is 0 Å². The van der Waals surface area contributed by atoms with E-state index in [-0.39, 0.29) is 27.7 Å². The van der Waals surface area contributed by atoms with E-state index in [1.165, 1.54) is 0 Å². The molecule has 2 N–H and O–H groups in total. The summed E-state index contributed by atoms with van der Waals surface area (Å²) in [5, 5.41) is 21.6. The minimum atomic E-state index is -0.204. The molecule has 0 saturated heterocycles. The van der Waals surface area contributed by atoms with E-state index in [1.54, 1.807) is 6.21 Å². The zero-order valence-electron chi connectivity index (χ0n) is 18.8. The molecular formula is C25H35NO2. The van der Waals surface area contributed by atoms with Gasteiger partial charge in [-0.2, -0.15) is 0 Å². The van der Waals surface area contributed by atoms with Gasteiger partial charge in [-0.3, -0.25) is 4.99 Å². The Morgan fingerprint density at radius 1 is 0.714 bits per heavy atom. The van der Waals surface area contributed by atoms with Crippen molar-refractivity contribution in [3.63, 3.8) is 0 Å². The molecule has 0 spiro atoms. The summed E-state index contributed by atoms with van der Waals surface area (Å²) in [7, 11) is 0. The molecule has 0 aromatic heterocycles. The van der Waals surface area contributed by atoms with Crippen LogP contribution in [0, 0.1) is 0 Å². The summed E-state index contributed by atoms with van der Waals surface area (Å²) in [4.78, 5) is 4.57. The van der Waals surface area contributed by atoms with E-state index in [0.717, 1.165) is 16.7 Å². The van der Waals surface area contributed by atoms with Crippen LogP contribution in [0.15, 0.2) is 35.3 Å². The Kier molecular flexibility index (Phi) is 5.71. The maximum atomic E-state index is 10.9. The highest BCUT2D eigenvalue weighted by Gasteiger charge is 2.25. The standard InChI is InChI=1S/C25H35NO2/c1-23(2,3)17-13-19(25(7,8)9)22(28)20(14-17)26-15-16-11-10-12-18(21(16)27)24(4,5)6/h10-15,27-28H,1-9H3. The predicted octanol–water partition coefficient (Wildman–Crippen LogP) is 6.74. The van der Waals surface area contributed by atoms with Crippen LogP contribution in [0.1, 0.15) is 84.6 Å². The summed E-state index contributed by atoms with van der Waals surface area (Å²) < 4.78 is 0. The van der Waals surface area contributed by atoms with E-state index in [2.05, 4.69) is 73.4 Å². The maximum Gasteiger partial charge on any atom is 0.144 e. The van der Waals surface area contributed by atoms with E-state index in [4.69, 9.17) is 0 Å². The fourth-order valence-electron chi connectivity index (χ4n) is 3.13. The smallest absolute Gasteiger partial charge is 0.144 e. The lowest BCUT2D eigenvalue weighted by Gasteiger charge is -2.26. The van der Waals surface area contributed by atoms with Crippen LogP contribution < -0.4 is 0 Å². The topological polar surface area (TPSA) is 52.8 Å². The Morgan fingerprint density at radius 2 is 1.29 bits per heavy atom. The Bertz CT molecular complexity index is 888. The van der Waals surface area contributed by atoms with Crippen LogP contribution >= 0.6 is 0 Å². The highest BCUT2D eigenvalue weighted by atomic mass is 16.3. The van der Waals surface area contributed by atoms with Crippen LogP contribution in [-0.4, -0.2) is 16.4 Å². The quantitative estimate of drug-likeness (QED) is 0.566. The van der Waals surface area contributed by atoms with Gasteiger partial charge in [0, 0.05) is 17.3 Å². The SMILES string of the molecule is CC(C)(C)c1cc(N=Cc2cccc(C(C)(C)C)c2O)c(O)c(C(C)(C)C)c1. The largest absolute Gasteiger partial charge is 0.507 e. The van der Waals surface area contributed by atoms with Gasteiger partial charge in [-0.05, 0) is 39.5 Å². The molecule has 0 amide bonds. The number of aromatic hydroxyl groups is 2.